The van der Waals surface area contributed by atoms with Crippen molar-refractivity contribution in [1.82, 2.24) is 9.80 Å². The first kappa shape index (κ1) is 13.9. The summed E-state index contributed by atoms with van der Waals surface area (Å²) in [6, 6.07) is -0.857. The van der Waals surface area contributed by atoms with Crippen LogP contribution in [0.1, 0.15) is 33.1 Å². The molecule has 2 aliphatic rings. The number of carboxylic acid groups (broad SMARTS) is 1. The van der Waals surface area contributed by atoms with Crippen molar-refractivity contribution in [2.75, 3.05) is 19.6 Å². The largest absolute Gasteiger partial charge is 0.480 e. The molecule has 0 radical (unpaired) electrons. The Balaban J connectivity index is 2.18. The summed E-state index contributed by atoms with van der Waals surface area (Å²) in [6.07, 6.45) is 6.57. The van der Waals surface area contributed by atoms with Crippen molar-refractivity contribution in [2.45, 2.75) is 39.2 Å². The topological polar surface area (TPSA) is 60.9 Å². The molecule has 0 saturated carbocycles. The molecule has 106 valence electrons. The maximum Gasteiger partial charge on any atom is 0.327 e. The molecule has 1 atom stereocenters. The molecule has 1 fully saturated rings. The lowest BCUT2D eigenvalue weighted by Gasteiger charge is -2.45. The molecule has 0 aromatic carbocycles. The molecular weight excluding hydrogens is 244 g/mol. The number of carboxylic acids is 1. The molecular formula is C14H22N2O3. The fourth-order valence-corrected chi connectivity index (χ4v) is 3.06. The number of aliphatic carboxylic acids is 1. The molecule has 19 heavy (non-hydrogen) atoms. The van der Waals surface area contributed by atoms with E-state index in [1.54, 1.807) is 9.80 Å². The lowest BCUT2D eigenvalue weighted by molar-refractivity contribution is -0.148. The standard InChI is InChI=1S/C14H22N2O3/c1-14(2)7-6-10-16(11(14)12(17)18)13(19)15-8-4-3-5-9-15/h3-4,11H,5-10H2,1-2H3,(H,17,18). The van der Waals surface area contributed by atoms with Crippen LogP contribution in [0.4, 0.5) is 4.79 Å². The maximum atomic E-state index is 12.5. The van der Waals surface area contributed by atoms with E-state index in [9.17, 15) is 14.7 Å². The number of likely N-dealkylation sites (tertiary alicyclic amines) is 1. The molecule has 1 saturated heterocycles. The van der Waals surface area contributed by atoms with Gasteiger partial charge in [-0.15, -0.1) is 0 Å². The van der Waals surface area contributed by atoms with Crippen molar-refractivity contribution in [3.8, 4) is 0 Å². The zero-order valence-corrected chi connectivity index (χ0v) is 11.6. The van der Waals surface area contributed by atoms with Gasteiger partial charge in [0.1, 0.15) is 6.04 Å². The number of nitrogens with zero attached hydrogens (tertiary/aromatic N) is 2. The minimum absolute atomic E-state index is 0.135. The molecule has 5 heteroatoms. The minimum atomic E-state index is -0.898. The maximum absolute atomic E-state index is 12.5. The van der Waals surface area contributed by atoms with Crippen LogP contribution < -0.4 is 0 Å². The van der Waals surface area contributed by atoms with Gasteiger partial charge in [-0.25, -0.2) is 9.59 Å². The van der Waals surface area contributed by atoms with Crippen molar-refractivity contribution in [3.05, 3.63) is 12.2 Å². The van der Waals surface area contributed by atoms with E-state index >= 15 is 0 Å². The highest BCUT2D eigenvalue weighted by atomic mass is 16.4. The van der Waals surface area contributed by atoms with Crippen molar-refractivity contribution >= 4 is 12.0 Å². The van der Waals surface area contributed by atoms with Crippen LogP contribution in [0.15, 0.2) is 12.2 Å². The Morgan fingerprint density at radius 3 is 2.58 bits per heavy atom. The fraction of sp³-hybridized carbons (Fsp3) is 0.714. The van der Waals surface area contributed by atoms with E-state index in [0.29, 0.717) is 19.6 Å². The van der Waals surface area contributed by atoms with Crippen LogP contribution in [0.25, 0.3) is 0 Å². The van der Waals surface area contributed by atoms with Crippen molar-refractivity contribution < 1.29 is 14.7 Å². The van der Waals surface area contributed by atoms with E-state index in [4.69, 9.17) is 0 Å². The summed E-state index contributed by atoms with van der Waals surface area (Å²) >= 11 is 0. The Kier molecular flexibility index (Phi) is 3.83. The first-order chi connectivity index (χ1) is 8.93. The molecule has 0 spiro atoms. The third-order valence-corrected chi connectivity index (χ3v) is 4.08. The van der Waals surface area contributed by atoms with Gasteiger partial charge in [0.15, 0.2) is 0 Å². The fourth-order valence-electron chi connectivity index (χ4n) is 3.06. The van der Waals surface area contributed by atoms with Gasteiger partial charge in [0.25, 0.3) is 0 Å². The van der Waals surface area contributed by atoms with Crippen LogP contribution in [0, 0.1) is 5.41 Å². The van der Waals surface area contributed by atoms with Gasteiger partial charge in [-0.05, 0) is 24.7 Å². The predicted octanol–water partition coefficient (Wildman–Crippen LogP) is 1.94. The Bertz CT molecular complexity index is 403. The number of urea groups is 1. The van der Waals surface area contributed by atoms with E-state index < -0.39 is 12.0 Å². The number of hydrogen-bond acceptors (Lipinski definition) is 2. The van der Waals surface area contributed by atoms with Crippen LogP contribution in [0.5, 0.6) is 0 Å². The van der Waals surface area contributed by atoms with E-state index in [2.05, 4.69) is 6.08 Å². The summed E-state index contributed by atoms with van der Waals surface area (Å²) in [5.41, 5.74) is -0.370. The second-order valence-corrected chi connectivity index (χ2v) is 6.01. The van der Waals surface area contributed by atoms with Gasteiger partial charge in [0, 0.05) is 19.6 Å². The zero-order chi connectivity index (χ0) is 14.0. The van der Waals surface area contributed by atoms with E-state index in [1.165, 1.54) is 0 Å². The van der Waals surface area contributed by atoms with Gasteiger partial charge in [-0.3, -0.25) is 0 Å². The van der Waals surface area contributed by atoms with E-state index in [-0.39, 0.29) is 11.4 Å². The van der Waals surface area contributed by atoms with Crippen LogP contribution in [0.3, 0.4) is 0 Å². The Morgan fingerprint density at radius 2 is 2.00 bits per heavy atom. The first-order valence-electron chi connectivity index (χ1n) is 6.87. The molecule has 1 N–H and O–H groups in total. The second-order valence-electron chi connectivity index (χ2n) is 6.01. The zero-order valence-electron chi connectivity index (χ0n) is 11.6. The average molecular weight is 266 g/mol. The average Bonchev–Trinajstić information content (AvgIpc) is 2.37. The number of piperidine rings is 1. The molecule has 2 amide bonds. The van der Waals surface area contributed by atoms with Crippen molar-refractivity contribution in [2.24, 2.45) is 5.41 Å². The van der Waals surface area contributed by atoms with Crippen LogP contribution >= 0.6 is 0 Å². The SMILES string of the molecule is CC1(C)CCCN(C(=O)N2CC=CCC2)C1C(=O)O. The van der Waals surface area contributed by atoms with Crippen LogP contribution in [-0.2, 0) is 4.79 Å². The van der Waals surface area contributed by atoms with Crippen LogP contribution in [0.2, 0.25) is 0 Å². The second kappa shape index (κ2) is 5.23. The van der Waals surface area contributed by atoms with Crippen molar-refractivity contribution in [3.63, 3.8) is 0 Å². The quantitative estimate of drug-likeness (QED) is 0.738. The number of hydrogen-bond donors (Lipinski definition) is 1. The van der Waals surface area contributed by atoms with E-state index in [1.807, 2.05) is 19.9 Å². The van der Waals surface area contributed by atoms with Gasteiger partial charge >= 0.3 is 12.0 Å². The summed E-state index contributed by atoms with van der Waals surface area (Å²) in [7, 11) is 0. The summed E-state index contributed by atoms with van der Waals surface area (Å²) in [5, 5.41) is 9.47. The number of carbonyl (C=O) groups excluding carboxylic acids is 1. The number of rotatable bonds is 1. The highest BCUT2D eigenvalue weighted by Gasteiger charge is 2.45. The van der Waals surface area contributed by atoms with Gasteiger partial charge < -0.3 is 14.9 Å². The van der Waals surface area contributed by atoms with Crippen LogP contribution in [-0.4, -0.2) is 52.6 Å². The Labute approximate surface area is 113 Å². The van der Waals surface area contributed by atoms with Crippen molar-refractivity contribution in [1.29, 1.82) is 0 Å². The molecule has 0 aliphatic carbocycles. The third kappa shape index (κ3) is 2.74. The molecule has 0 aromatic rings. The molecule has 2 heterocycles. The summed E-state index contributed by atoms with van der Waals surface area (Å²) < 4.78 is 0. The molecule has 0 bridgehead atoms. The number of amides is 2. The summed E-state index contributed by atoms with van der Waals surface area (Å²) in [4.78, 5) is 27.3. The molecule has 1 unspecified atom stereocenters. The molecule has 2 rings (SSSR count). The monoisotopic (exact) mass is 266 g/mol. The first-order valence-corrected chi connectivity index (χ1v) is 6.87. The minimum Gasteiger partial charge on any atom is -0.480 e. The normalized spacial score (nSPS) is 26.3. The van der Waals surface area contributed by atoms with Gasteiger partial charge in [-0.1, -0.05) is 26.0 Å². The van der Waals surface area contributed by atoms with Gasteiger partial charge in [0.2, 0.25) is 0 Å². The van der Waals surface area contributed by atoms with Gasteiger partial charge in [0.05, 0.1) is 0 Å². The lowest BCUT2D eigenvalue weighted by atomic mass is 9.76. The Hall–Kier alpha value is -1.52. The predicted molar refractivity (Wildman–Crippen MR) is 71.9 cm³/mol. The summed E-state index contributed by atoms with van der Waals surface area (Å²) in [6.45, 7) is 5.67. The third-order valence-electron chi connectivity index (χ3n) is 4.08. The highest BCUT2D eigenvalue weighted by Crippen LogP contribution is 2.35. The number of carbonyl (C=O) groups is 2. The van der Waals surface area contributed by atoms with Gasteiger partial charge in [-0.2, -0.15) is 0 Å². The smallest absolute Gasteiger partial charge is 0.327 e. The molecule has 0 aromatic heterocycles. The summed E-state index contributed by atoms with van der Waals surface area (Å²) in [5.74, 6) is -0.898. The lowest BCUT2D eigenvalue weighted by Crippen LogP contribution is -2.59. The molecule has 2 aliphatic heterocycles. The highest BCUT2D eigenvalue weighted by molar-refractivity contribution is 5.83. The Morgan fingerprint density at radius 1 is 1.26 bits per heavy atom. The van der Waals surface area contributed by atoms with E-state index in [0.717, 1.165) is 19.3 Å². The molecule has 5 nitrogen and oxygen atoms in total.